The van der Waals surface area contributed by atoms with Gasteiger partial charge < -0.3 is 5.73 Å². The molecule has 1 aromatic rings. The Balaban J connectivity index is 2.26. The van der Waals surface area contributed by atoms with E-state index in [0.717, 1.165) is 16.0 Å². The second-order valence-electron chi connectivity index (χ2n) is 6.76. The van der Waals surface area contributed by atoms with E-state index in [1.807, 2.05) is 0 Å². The van der Waals surface area contributed by atoms with Crippen LogP contribution in [0.15, 0.2) is 4.47 Å². The minimum absolute atomic E-state index is 0.360. The summed E-state index contributed by atoms with van der Waals surface area (Å²) < 4.78 is 0.863. The van der Waals surface area contributed by atoms with Crippen LogP contribution in [0.2, 0.25) is 0 Å². The zero-order chi connectivity index (χ0) is 14.2. The van der Waals surface area contributed by atoms with E-state index in [0.29, 0.717) is 23.1 Å². The molecule has 0 saturated heterocycles. The maximum absolute atomic E-state index is 6.02. The fourth-order valence-electron chi connectivity index (χ4n) is 2.72. The molecule has 1 aliphatic carbocycles. The highest BCUT2D eigenvalue weighted by Crippen LogP contribution is 2.42. The highest BCUT2D eigenvalue weighted by molar-refractivity contribution is 9.10. The molecule has 1 saturated carbocycles. The molecule has 19 heavy (non-hydrogen) atoms. The molecule has 0 amide bonds. The number of rotatable bonds is 2. The number of halogens is 1. The topological polar surface area (TPSA) is 51.8 Å². The summed E-state index contributed by atoms with van der Waals surface area (Å²) in [6.45, 7) is 8.97. The molecule has 4 heteroatoms. The van der Waals surface area contributed by atoms with E-state index in [2.05, 4.69) is 48.6 Å². The summed E-state index contributed by atoms with van der Waals surface area (Å²) in [5.41, 5.74) is 7.53. The number of anilines is 1. The first kappa shape index (κ1) is 14.8. The van der Waals surface area contributed by atoms with Crippen molar-refractivity contribution in [2.45, 2.75) is 65.2 Å². The molecule has 0 radical (unpaired) electrons. The van der Waals surface area contributed by atoms with Crippen molar-refractivity contribution in [1.82, 2.24) is 9.97 Å². The largest absolute Gasteiger partial charge is 0.383 e. The summed E-state index contributed by atoms with van der Waals surface area (Å²) >= 11 is 3.51. The van der Waals surface area contributed by atoms with Crippen LogP contribution in [0.1, 0.15) is 76.7 Å². The standard InChI is InChI=1S/C15H24BrN3/c1-9(2)12-11(16)13(17)19-14(18-12)10-5-7-15(3,4)8-6-10/h9-10H,5-8H2,1-4H3,(H2,17,18,19). The molecule has 0 atom stereocenters. The highest BCUT2D eigenvalue weighted by Gasteiger charge is 2.29. The predicted octanol–water partition coefficient (Wildman–Crippen LogP) is 4.63. The van der Waals surface area contributed by atoms with Gasteiger partial charge in [-0.25, -0.2) is 9.97 Å². The minimum atomic E-state index is 0.360. The van der Waals surface area contributed by atoms with E-state index in [1.165, 1.54) is 25.7 Å². The van der Waals surface area contributed by atoms with Gasteiger partial charge in [-0.3, -0.25) is 0 Å². The second kappa shape index (κ2) is 5.39. The summed E-state index contributed by atoms with van der Waals surface area (Å²) in [6, 6.07) is 0. The first-order chi connectivity index (χ1) is 8.80. The average molecular weight is 326 g/mol. The second-order valence-corrected chi connectivity index (χ2v) is 7.55. The van der Waals surface area contributed by atoms with Gasteiger partial charge >= 0.3 is 0 Å². The Morgan fingerprint density at radius 1 is 1.21 bits per heavy atom. The van der Waals surface area contributed by atoms with Crippen molar-refractivity contribution in [3.63, 3.8) is 0 Å². The maximum atomic E-state index is 6.02. The fraction of sp³-hybridized carbons (Fsp3) is 0.733. The number of aromatic nitrogens is 2. The maximum Gasteiger partial charge on any atom is 0.141 e. The van der Waals surface area contributed by atoms with Crippen molar-refractivity contribution in [3.8, 4) is 0 Å². The monoisotopic (exact) mass is 325 g/mol. The Labute approximate surface area is 124 Å². The van der Waals surface area contributed by atoms with Crippen LogP contribution >= 0.6 is 15.9 Å². The fourth-order valence-corrected chi connectivity index (χ4v) is 3.36. The van der Waals surface area contributed by atoms with E-state index >= 15 is 0 Å². The molecular weight excluding hydrogens is 302 g/mol. The van der Waals surface area contributed by atoms with Gasteiger partial charge in [0.25, 0.3) is 0 Å². The van der Waals surface area contributed by atoms with E-state index in [9.17, 15) is 0 Å². The van der Waals surface area contributed by atoms with Gasteiger partial charge in [0.2, 0.25) is 0 Å². The van der Waals surface area contributed by atoms with Crippen molar-refractivity contribution in [2.75, 3.05) is 5.73 Å². The van der Waals surface area contributed by atoms with Crippen LogP contribution in [0.25, 0.3) is 0 Å². The van der Waals surface area contributed by atoms with Gasteiger partial charge in [-0.2, -0.15) is 0 Å². The third-order valence-electron chi connectivity index (χ3n) is 4.17. The number of nitrogens with zero attached hydrogens (tertiary/aromatic N) is 2. The number of hydrogen-bond donors (Lipinski definition) is 1. The van der Waals surface area contributed by atoms with Crippen LogP contribution < -0.4 is 5.73 Å². The molecule has 0 spiro atoms. The predicted molar refractivity (Wildman–Crippen MR) is 83.2 cm³/mol. The molecule has 106 valence electrons. The smallest absolute Gasteiger partial charge is 0.141 e. The quantitative estimate of drug-likeness (QED) is 0.862. The SMILES string of the molecule is CC(C)c1nc(C2CCC(C)(C)CC2)nc(N)c1Br. The van der Waals surface area contributed by atoms with Crippen molar-refractivity contribution in [2.24, 2.45) is 5.41 Å². The highest BCUT2D eigenvalue weighted by atomic mass is 79.9. The Morgan fingerprint density at radius 2 is 1.79 bits per heavy atom. The third kappa shape index (κ3) is 3.28. The molecule has 0 aromatic carbocycles. The Bertz CT molecular complexity index is 459. The molecular formula is C15H24BrN3. The molecule has 3 nitrogen and oxygen atoms in total. The zero-order valence-electron chi connectivity index (χ0n) is 12.3. The Morgan fingerprint density at radius 3 is 2.32 bits per heavy atom. The van der Waals surface area contributed by atoms with Gasteiger partial charge in [0.05, 0.1) is 10.2 Å². The summed E-state index contributed by atoms with van der Waals surface area (Å²) in [6.07, 6.45) is 4.83. The van der Waals surface area contributed by atoms with Crippen molar-refractivity contribution in [1.29, 1.82) is 0 Å². The number of nitrogen functional groups attached to an aromatic ring is 1. The minimum Gasteiger partial charge on any atom is -0.383 e. The van der Waals surface area contributed by atoms with Gasteiger partial charge in [-0.15, -0.1) is 0 Å². The van der Waals surface area contributed by atoms with Crippen LogP contribution in [0.3, 0.4) is 0 Å². The number of hydrogen-bond acceptors (Lipinski definition) is 3. The molecule has 1 fully saturated rings. The van der Waals surface area contributed by atoms with Crippen LogP contribution in [-0.4, -0.2) is 9.97 Å². The summed E-state index contributed by atoms with van der Waals surface area (Å²) in [5, 5.41) is 0. The summed E-state index contributed by atoms with van der Waals surface area (Å²) in [4.78, 5) is 9.27. The molecule has 2 N–H and O–H groups in total. The molecule has 0 bridgehead atoms. The van der Waals surface area contributed by atoms with Gasteiger partial charge in [0, 0.05) is 5.92 Å². The first-order valence-corrected chi connectivity index (χ1v) is 7.92. The first-order valence-electron chi connectivity index (χ1n) is 7.13. The van der Waals surface area contributed by atoms with E-state index in [4.69, 9.17) is 10.7 Å². The van der Waals surface area contributed by atoms with E-state index in [1.54, 1.807) is 0 Å². The van der Waals surface area contributed by atoms with Crippen LogP contribution in [0, 0.1) is 5.41 Å². The zero-order valence-corrected chi connectivity index (χ0v) is 13.9. The lowest BCUT2D eigenvalue weighted by molar-refractivity contribution is 0.220. The normalized spacial score (nSPS) is 19.9. The van der Waals surface area contributed by atoms with Gasteiger partial charge in [0.15, 0.2) is 0 Å². The Kier molecular flexibility index (Phi) is 4.19. The van der Waals surface area contributed by atoms with Crippen LogP contribution in [0.4, 0.5) is 5.82 Å². The van der Waals surface area contributed by atoms with Gasteiger partial charge in [-0.1, -0.05) is 27.7 Å². The van der Waals surface area contributed by atoms with Gasteiger partial charge in [0.1, 0.15) is 11.6 Å². The third-order valence-corrected chi connectivity index (χ3v) is 4.98. The van der Waals surface area contributed by atoms with Gasteiger partial charge in [-0.05, 0) is 52.9 Å². The van der Waals surface area contributed by atoms with Crippen molar-refractivity contribution < 1.29 is 0 Å². The molecule has 0 unspecified atom stereocenters. The molecule has 1 aliphatic rings. The average Bonchev–Trinajstić information content (AvgIpc) is 2.32. The molecule has 1 heterocycles. The van der Waals surface area contributed by atoms with E-state index in [-0.39, 0.29) is 0 Å². The molecule has 0 aliphatic heterocycles. The van der Waals surface area contributed by atoms with Crippen LogP contribution in [0.5, 0.6) is 0 Å². The summed E-state index contributed by atoms with van der Waals surface area (Å²) in [7, 11) is 0. The molecule has 1 aromatic heterocycles. The molecule has 2 rings (SSSR count). The lowest BCUT2D eigenvalue weighted by atomic mass is 9.73. The lowest BCUT2D eigenvalue weighted by Gasteiger charge is -2.33. The van der Waals surface area contributed by atoms with Crippen molar-refractivity contribution >= 4 is 21.7 Å². The Hall–Kier alpha value is -0.640. The van der Waals surface area contributed by atoms with E-state index < -0.39 is 0 Å². The summed E-state index contributed by atoms with van der Waals surface area (Å²) in [5.74, 6) is 2.36. The van der Waals surface area contributed by atoms with Crippen LogP contribution in [-0.2, 0) is 0 Å². The van der Waals surface area contributed by atoms with Crippen molar-refractivity contribution in [3.05, 3.63) is 16.0 Å². The number of nitrogens with two attached hydrogens (primary N) is 1. The lowest BCUT2D eigenvalue weighted by Crippen LogP contribution is -2.22.